The first-order chi connectivity index (χ1) is 9.79. The minimum Gasteiger partial charge on any atom is -0.323 e. The lowest BCUT2D eigenvalue weighted by Gasteiger charge is -2.41. The van der Waals surface area contributed by atoms with Crippen molar-refractivity contribution in [1.82, 2.24) is 13.9 Å². The van der Waals surface area contributed by atoms with Gasteiger partial charge in [-0.2, -0.15) is 0 Å². The predicted molar refractivity (Wildman–Crippen MR) is 79.5 cm³/mol. The van der Waals surface area contributed by atoms with E-state index in [9.17, 15) is 4.21 Å². The summed E-state index contributed by atoms with van der Waals surface area (Å²) in [5, 5.41) is 0. The molecule has 0 amide bonds. The Morgan fingerprint density at radius 1 is 1.35 bits per heavy atom. The fourth-order valence-electron chi connectivity index (χ4n) is 3.37. The quantitative estimate of drug-likeness (QED) is 0.867. The van der Waals surface area contributed by atoms with Crippen molar-refractivity contribution < 1.29 is 4.21 Å². The van der Waals surface area contributed by atoms with E-state index in [0.29, 0.717) is 17.7 Å². The summed E-state index contributed by atoms with van der Waals surface area (Å²) >= 11 is 0. The maximum atomic E-state index is 11.8. The summed E-state index contributed by atoms with van der Waals surface area (Å²) in [5.74, 6) is 1.24. The highest BCUT2D eigenvalue weighted by atomic mass is 32.2. The van der Waals surface area contributed by atoms with Gasteiger partial charge in [-0.3, -0.25) is 0 Å². The van der Waals surface area contributed by atoms with E-state index in [-0.39, 0.29) is 0 Å². The number of hydrogen-bond acceptors (Lipinski definition) is 2. The predicted octanol–water partition coefficient (Wildman–Crippen LogP) is 2.07. The van der Waals surface area contributed by atoms with Gasteiger partial charge in [0.25, 0.3) is 0 Å². The number of aromatic nitrogens is 2. The zero-order valence-corrected chi connectivity index (χ0v) is 12.2. The van der Waals surface area contributed by atoms with E-state index in [1.54, 1.807) is 0 Å². The smallest absolute Gasteiger partial charge is 0.0956 e. The Morgan fingerprint density at radius 3 is 2.95 bits per heavy atom. The third-order valence-electron chi connectivity index (χ3n) is 4.38. The number of imidazole rings is 1. The van der Waals surface area contributed by atoms with Crippen molar-refractivity contribution in [3.8, 4) is 11.3 Å². The Bertz CT molecular complexity index is 675. The minimum atomic E-state index is -0.803. The van der Waals surface area contributed by atoms with Crippen molar-refractivity contribution in [3.05, 3.63) is 42.4 Å². The first-order valence-corrected chi connectivity index (χ1v) is 8.31. The number of nitrogens with zero attached hydrogens (tertiary/aromatic N) is 3. The molecule has 20 heavy (non-hydrogen) atoms. The van der Waals surface area contributed by atoms with Crippen molar-refractivity contribution >= 4 is 11.0 Å². The van der Waals surface area contributed by atoms with Gasteiger partial charge < -0.3 is 4.57 Å². The molecule has 2 aromatic rings. The van der Waals surface area contributed by atoms with E-state index < -0.39 is 11.0 Å². The summed E-state index contributed by atoms with van der Waals surface area (Å²) in [6.45, 7) is 3.80. The summed E-state index contributed by atoms with van der Waals surface area (Å²) < 4.78 is 16.2. The fraction of sp³-hybridized carbons (Fsp3) is 0.400. The second kappa shape index (κ2) is 4.53. The number of fused-ring (bicyclic) bond motifs is 3. The van der Waals surface area contributed by atoms with Crippen LogP contribution >= 0.6 is 0 Å². The van der Waals surface area contributed by atoms with Crippen molar-refractivity contribution in [3.63, 3.8) is 0 Å². The van der Waals surface area contributed by atoms with Gasteiger partial charge in [0.05, 0.1) is 35.2 Å². The normalized spacial score (nSPS) is 23.1. The van der Waals surface area contributed by atoms with Gasteiger partial charge in [0.2, 0.25) is 0 Å². The van der Waals surface area contributed by atoms with Crippen LogP contribution in [-0.4, -0.2) is 36.9 Å². The molecule has 0 bridgehead atoms. The van der Waals surface area contributed by atoms with Crippen LogP contribution in [0.5, 0.6) is 0 Å². The van der Waals surface area contributed by atoms with Gasteiger partial charge in [-0.25, -0.2) is 13.5 Å². The van der Waals surface area contributed by atoms with Crippen LogP contribution in [0, 0.1) is 5.92 Å². The molecular formula is C15H17N3OS. The van der Waals surface area contributed by atoms with E-state index in [0.717, 1.165) is 13.1 Å². The SMILES string of the molecule is CCS(=O)N1CC(C2c3ccccc3-c3cncn32)C1. The van der Waals surface area contributed by atoms with Crippen LogP contribution in [0.25, 0.3) is 11.3 Å². The summed E-state index contributed by atoms with van der Waals surface area (Å²) in [5.41, 5.74) is 3.89. The van der Waals surface area contributed by atoms with Crippen molar-refractivity contribution in [2.75, 3.05) is 18.8 Å². The molecule has 1 fully saturated rings. The minimum absolute atomic E-state index is 0.355. The third kappa shape index (κ3) is 1.63. The standard InChI is InChI=1S/C15H17N3OS/c1-2-20(19)17-8-11(9-17)15-13-6-4-3-5-12(13)14-7-16-10-18(14)15/h3-7,10-11,15H,2,8-9H2,1H3. The molecule has 0 N–H and O–H groups in total. The molecule has 1 saturated heterocycles. The van der Waals surface area contributed by atoms with E-state index >= 15 is 0 Å². The Morgan fingerprint density at radius 2 is 2.15 bits per heavy atom. The second-order valence-corrected chi connectivity index (χ2v) is 7.17. The number of hydrogen-bond donors (Lipinski definition) is 0. The summed E-state index contributed by atoms with van der Waals surface area (Å²) in [4.78, 5) is 4.29. The molecule has 1 aromatic carbocycles. The van der Waals surface area contributed by atoms with Gasteiger partial charge >= 0.3 is 0 Å². The summed E-state index contributed by atoms with van der Waals surface area (Å²) in [6, 6.07) is 8.92. The van der Waals surface area contributed by atoms with Crippen LogP contribution in [0.4, 0.5) is 0 Å². The molecule has 2 atom stereocenters. The topological polar surface area (TPSA) is 38.1 Å². The first-order valence-electron chi connectivity index (χ1n) is 7.04. The highest BCUT2D eigenvalue weighted by Gasteiger charge is 2.41. The molecule has 0 aliphatic carbocycles. The Kier molecular flexibility index (Phi) is 2.79. The highest BCUT2D eigenvalue weighted by Crippen LogP contribution is 2.45. The lowest BCUT2D eigenvalue weighted by Crippen LogP contribution is -2.51. The van der Waals surface area contributed by atoms with Gasteiger partial charge in [-0.05, 0) is 5.56 Å². The molecule has 104 valence electrons. The molecule has 1 aromatic heterocycles. The Balaban J connectivity index is 1.66. The third-order valence-corrected chi connectivity index (χ3v) is 5.75. The Hall–Kier alpha value is -1.46. The maximum absolute atomic E-state index is 11.8. The maximum Gasteiger partial charge on any atom is 0.0956 e. The van der Waals surface area contributed by atoms with E-state index in [1.807, 2.05) is 19.4 Å². The largest absolute Gasteiger partial charge is 0.323 e. The van der Waals surface area contributed by atoms with Crippen LogP contribution in [-0.2, 0) is 11.0 Å². The molecule has 3 heterocycles. The van der Waals surface area contributed by atoms with E-state index in [2.05, 4.69) is 38.1 Å². The highest BCUT2D eigenvalue weighted by molar-refractivity contribution is 7.82. The van der Waals surface area contributed by atoms with Crippen molar-refractivity contribution in [1.29, 1.82) is 0 Å². The molecule has 0 saturated carbocycles. The van der Waals surface area contributed by atoms with Gasteiger partial charge in [-0.15, -0.1) is 0 Å². The van der Waals surface area contributed by atoms with Crippen molar-refractivity contribution in [2.45, 2.75) is 13.0 Å². The Labute approximate surface area is 121 Å². The van der Waals surface area contributed by atoms with E-state index in [4.69, 9.17) is 0 Å². The monoisotopic (exact) mass is 287 g/mol. The van der Waals surface area contributed by atoms with Gasteiger partial charge in [0.1, 0.15) is 0 Å². The lowest BCUT2D eigenvalue weighted by atomic mass is 9.88. The number of benzene rings is 1. The molecule has 0 spiro atoms. The average molecular weight is 287 g/mol. The zero-order valence-electron chi connectivity index (χ0n) is 11.4. The molecule has 0 radical (unpaired) electrons. The van der Waals surface area contributed by atoms with Crippen LogP contribution in [0.3, 0.4) is 0 Å². The van der Waals surface area contributed by atoms with Crippen LogP contribution in [0.1, 0.15) is 18.5 Å². The lowest BCUT2D eigenvalue weighted by molar-refractivity contribution is 0.167. The van der Waals surface area contributed by atoms with Crippen LogP contribution in [0.2, 0.25) is 0 Å². The first kappa shape index (κ1) is 12.3. The molecule has 5 heteroatoms. The van der Waals surface area contributed by atoms with Gasteiger partial charge in [0.15, 0.2) is 0 Å². The fourth-order valence-corrected chi connectivity index (χ4v) is 4.45. The van der Waals surface area contributed by atoms with Gasteiger partial charge in [-0.1, -0.05) is 31.2 Å². The van der Waals surface area contributed by atoms with Crippen molar-refractivity contribution in [2.24, 2.45) is 5.92 Å². The number of rotatable bonds is 3. The van der Waals surface area contributed by atoms with Crippen LogP contribution in [0.15, 0.2) is 36.8 Å². The average Bonchev–Trinajstić information content (AvgIpc) is 2.99. The van der Waals surface area contributed by atoms with Crippen LogP contribution < -0.4 is 0 Å². The second-order valence-electron chi connectivity index (χ2n) is 5.44. The summed E-state index contributed by atoms with van der Waals surface area (Å²) in [6.07, 6.45) is 3.87. The molecular weight excluding hydrogens is 270 g/mol. The molecule has 2 aliphatic heterocycles. The molecule has 2 unspecified atom stereocenters. The molecule has 4 rings (SSSR count). The van der Waals surface area contributed by atoms with E-state index in [1.165, 1.54) is 16.8 Å². The zero-order chi connectivity index (χ0) is 13.7. The molecule has 2 aliphatic rings. The molecule has 4 nitrogen and oxygen atoms in total. The van der Waals surface area contributed by atoms with Gasteiger partial charge in [0, 0.05) is 30.3 Å². The summed E-state index contributed by atoms with van der Waals surface area (Å²) in [7, 11) is -0.803.